The fraction of sp³-hybridized carbons (Fsp3) is 0.455. The van der Waals surface area contributed by atoms with E-state index in [1.165, 1.54) is 29.7 Å². The van der Waals surface area contributed by atoms with E-state index in [0.717, 1.165) is 46.1 Å². The number of rotatable bonds is 6. The normalized spacial score (nSPS) is 16.6. The fourth-order valence-corrected chi connectivity index (χ4v) is 6.32. The highest BCUT2D eigenvalue weighted by Crippen LogP contribution is 2.40. The molecule has 1 aliphatic rings. The van der Waals surface area contributed by atoms with Crippen LogP contribution in [0.25, 0.3) is 15.9 Å². The maximum absolute atomic E-state index is 13.6. The summed E-state index contributed by atoms with van der Waals surface area (Å²) in [6.45, 7) is 4.47. The van der Waals surface area contributed by atoms with Gasteiger partial charge < -0.3 is 0 Å². The van der Waals surface area contributed by atoms with E-state index in [9.17, 15) is 4.79 Å². The molecule has 27 heavy (non-hydrogen) atoms. The number of para-hydroxylation sites is 1. The number of thioether (sulfide) groups is 1. The van der Waals surface area contributed by atoms with Gasteiger partial charge in [0.15, 0.2) is 5.16 Å². The molecule has 4 rings (SSSR count). The molecule has 2 aromatic heterocycles. The van der Waals surface area contributed by atoms with Gasteiger partial charge in [0, 0.05) is 10.6 Å². The van der Waals surface area contributed by atoms with Crippen molar-refractivity contribution in [1.82, 2.24) is 9.55 Å². The molecule has 0 saturated heterocycles. The molecule has 3 aromatic rings. The maximum Gasteiger partial charge on any atom is 0.267 e. The van der Waals surface area contributed by atoms with Gasteiger partial charge in [-0.25, -0.2) is 4.98 Å². The van der Waals surface area contributed by atoms with Crippen LogP contribution in [0, 0.1) is 0 Å². The number of hydrogen-bond donors (Lipinski definition) is 0. The van der Waals surface area contributed by atoms with E-state index < -0.39 is 0 Å². The Hall–Kier alpha value is -1.59. The molecule has 142 valence electrons. The Labute approximate surface area is 168 Å². The highest BCUT2D eigenvalue weighted by atomic mass is 32.2. The fourth-order valence-electron chi connectivity index (χ4n) is 3.94. The largest absolute Gasteiger partial charge is 0.268 e. The molecule has 1 aliphatic carbocycles. The zero-order chi connectivity index (χ0) is 18.8. The van der Waals surface area contributed by atoms with Crippen molar-refractivity contribution in [2.45, 2.75) is 63.4 Å². The minimum atomic E-state index is 0.107. The van der Waals surface area contributed by atoms with Crippen LogP contribution < -0.4 is 5.56 Å². The van der Waals surface area contributed by atoms with Crippen molar-refractivity contribution in [2.24, 2.45) is 0 Å². The van der Waals surface area contributed by atoms with Crippen LogP contribution in [0.5, 0.6) is 0 Å². The Kier molecular flexibility index (Phi) is 5.69. The standard InChI is InChI=1S/C22H26N2OS2/c1-3-4-8-14-26-22-23-20-19(18-15(2)10-9-13-17(18)27-20)21(25)24(22)16-11-6-5-7-12-16/h5-7,11-12,15H,3-4,8-10,13-14H2,1-2H3/t15-/m0/s1. The third-order valence-electron chi connectivity index (χ3n) is 5.34. The number of aryl methyl sites for hydroxylation is 1. The summed E-state index contributed by atoms with van der Waals surface area (Å²) >= 11 is 3.46. The average Bonchev–Trinajstić information content (AvgIpc) is 3.06. The third-order valence-corrected chi connectivity index (χ3v) is 7.52. The Morgan fingerprint density at radius 3 is 2.85 bits per heavy atom. The van der Waals surface area contributed by atoms with Crippen LogP contribution in [-0.4, -0.2) is 15.3 Å². The van der Waals surface area contributed by atoms with E-state index in [4.69, 9.17) is 4.98 Å². The van der Waals surface area contributed by atoms with Crippen molar-refractivity contribution in [3.63, 3.8) is 0 Å². The monoisotopic (exact) mass is 398 g/mol. The number of unbranched alkanes of at least 4 members (excludes halogenated alkanes) is 2. The van der Waals surface area contributed by atoms with E-state index in [2.05, 4.69) is 13.8 Å². The number of hydrogen-bond acceptors (Lipinski definition) is 4. The Bertz CT molecular complexity index is 991. The van der Waals surface area contributed by atoms with Gasteiger partial charge in [-0.1, -0.05) is 56.7 Å². The van der Waals surface area contributed by atoms with Gasteiger partial charge in [0.2, 0.25) is 0 Å². The summed E-state index contributed by atoms with van der Waals surface area (Å²) in [5.41, 5.74) is 2.29. The second-order valence-electron chi connectivity index (χ2n) is 7.34. The van der Waals surface area contributed by atoms with Crippen molar-refractivity contribution in [3.05, 3.63) is 51.1 Å². The maximum atomic E-state index is 13.6. The lowest BCUT2D eigenvalue weighted by Gasteiger charge is -2.19. The second kappa shape index (κ2) is 8.19. The summed E-state index contributed by atoms with van der Waals surface area (Å²) in [5.74, 6) is 1.45. The number of benzene rings is 1. The molecule has 0 spiro atoms. The molecular formula is C22H26N2OS2. The average molecular weight is 399 g/mol. The first-order valence-corrected chi connectivity index (χ1v) is 11.8. The highest BCUT2D eigenvalue weighted by molar-refractivity contribution is 7.99. The lowest BCUT2D eigenvalue weighted by atomic mass is 9.88. The Morgan fingerprint density at radius 2 is 2.07 bits per heavy atom. The minimum absolute atomic E-state index is 0.107. The first kappa shape index (κ1) is 18.8. The lowest BCUT2D eigenvalue weighted by Crippen LogP contribution is -2.22. The lowest BCUT2D eigenvalue weighted by molar-refractivity contribution is 0.601. The highest BCUT2D eigenvalue weighted by Gasteiger charge is 2.26. The quantitative estimate of drug-likeness (QED) is 0.283. The molecule has 3 nitrogen and oxygen atoms in total. The molecule has 0 unspecified atom stereocenters. The molecule has 0 radical (unpaired) electrons. The predicted molar refractivity (Wildman–Crippen MR) is 117 cm³/mol. The molecule has 5 heteroatoms. The van der Waals surface area contributed by atoms with Gasteiger partial charge in [0.1, 0.15) is 4.83 Å². The molecule has 0 aliphatic heterocycles. The van der Waals surface area contributed by atoms with Crippen molar-refractivity contribution < 1.29 is 0 Å². The molecule has 2 heterocycles. The first-order chi connectivity index (χ1) is 13.2. The molecule has 0 amide bonds. The van der Waals surface area contributed by atoms with Gasteiger partial charge in [-0.05, 0) is 49.3 Å². The molecular weight excluding hydrogens is 372 g/mol. The van der Waals surface area contributed by atoms with Crippen LogP contribution in [0.1, 0.15) is 62.3 Å². The molecule has 1 atom stereocenters. The van der Waals surface area contributed by atoms with E-state index in [0.29, 0.717) is 5.92 Å². The molecule has 0 N–H and O–H groups in total. The van der Waals surface area contributed by atoms with Crippen molar-refractivity contribution in [1.29, 1.82) is 0 Å². The molecule has 0 saturated carbocycles. The molecule has 0 fully saturated rings. The van der Waals surface area contributed by atoms with E-state index in [-0.39, 0.29) is 5.56 Å². The zero-order valence-electron chi connectivity index (χ0n) is 16.0. The summed E-state index contributed by atoms with van der Waals surface area (Å²) < 4.78 is 1.84. The van der Waals surface area contributed by atoms with Crippen LogP contribution in [0.2, 0.25) is 0 Å². The Morgan fingerprint density at radius 1 is 1.26 bits per heavy atom. The summed E-state index contributed by atoms with van der Waals surface area (Å²) in [6.07, 6.45) is 7.04. The van der Waals surface area contributed by atoms with Gasteiger partial charge in [0.25, 0.3) is 5.56 Å². The number of fused-ring (bicyclic) bond motifs is 3. The summed E-state index contributed by atoms with van der Waals surface area (Å²) in [6, 6.07) is 9.98. The van der Waals surface area contributed by atoms with Gasteiger partial charge in [-0.3, -0.25) is 9.36 Å². The van der Waals surface area contributed by atoms with Crippen LogP contribution in [0.3, 0.4) is 0 Å². The molecule has 1 aromatic carbocycles. The Balaban J connectivity index is 1.89. The second-order valence-corrected chi connectivity index (χ2v) is 9.48. The van der Waals surface area contributed by atoms with Gasteiger partial charge in [0.05, 0.1) is 11.1 Å². The van der Waals surface area contributed by atoms with Gasteiger partial charge in [-0.15, -0.1) is 11.3 Å². The van der Waals surface area contributed by atoms with Crippen LogP contribution in [-0.2, 0) is 6.42 Å². The first-order valence-electron chi connectivity index (χ1n) is 9.97. The summed E-state index contributed by atoms with van der Waals surface area (Å²) in [4.78, 5) is 20.9. The van der Waals surface area contributed by atoms with Crippen molar-refractivity contribution in [3.8, 4) is 5.69 Å². The van der Waals surface area contributed by atoms with Crippen molar-refractivity contribution in [2.75, 3.05) is 5.75 Å². The smallest absolute Gasteiger partial charge is 0.267 e. The third kappa shape index (κ3) is 3.59. The van der Waals surface area contributed by atoms with E-state index in [1.807, 2.05) is 34.9 Å². The minimum Gasteiger partial charge on any atom is -0.268 e. The molecule has 0 bridgehead atoms. The summed E-state index contributed by atoms with van der Waals surface area (Å²) in [7, 11) is 0. The zero-order valence-corrected chi connectivity index (χ0v) is 17.7. The van der Waals surface area contributed by atoms with E-state index >= 15 is 0 Å². The number of thiophene rings is 1. The number of aromatic nitrogens is 2. The van der Waals surface area contributed by atoms with Crippen LogP contribution >= 0.6 is 23.1 Å². The number of nitrogens with zero attached hydrogens (tertiary/aromatic N) is 2. The predicted octanol–water partition coefficient (Wildman–Crippen LogP) is 6.17. The van der Waals surface area contributed by atoms with Crippen LogP contribution in [0.15, 0.2) is 40.3 Å². The van der Waals surface area contributed by atoms with Crippen LogP contribution in [0.4, 0.5) is 0 Å². The SMILES string of the molecule is CCCCCSc1nc2sc3c(c2c(=O)n1-c1ccccc1)[C@@H](C)CCC3. The van der Waals surface area contributed by atoms with Gasteiger partial charge >= 0.3 is 0 Å². The topological polar surface area (TPSA) is 34.9 Å². The van der Waals surface area contributed by atoms with E-state index in [1.54, 1.807) is 23.1 Å². The van der Waals surface area contributed by atoms with Crippen molar-refractivity contribution >= 4 is 33.3 Å². The summed E-state index contributed by atoms with van der Waals surface area (Å²) in [5, 5.41) is 1.70. The van der Waals surface area contributed by atoms with Gasteiger partial charge in [-0.2, -0.15) is 0 Å².